The van der Waals surface area contributed by atoms with Crippen LogP contribution < -0.4 is 0 Å². The number of carboxylic acids is 1. The molecule has 0 heterocycles. The molecule has 12 heavy (non-hydrogen) atoms. The monoisotopic (exact) mass is 174 g/mol. The molecule has 0 aromatic heterocycles. The zero-order valence-corrected chi connectivity index (χ0v) is 6.86. The average molecular weight is 174 g/mol. The van der Waals surface area contributed by atoms with Gasteiger partial charge in [0.25, 0.3) is 0 Å². The molecule has 0 spiro atoms. The van der Waals surface area contributed by atoms with Gasteiger partial charge in [0.1, 0.15) is 6.26 Å². The maximum absolute atomic E-state index is 10.7. The minimum absolute atomic E-state index is 0.299. The summed E-state index contributed by atoms with van der Waals surface area (Å²) in [4.78, 5) is 21.1. The van der Waals surface area contributed by atoms with Crippen molar-refractivity contribution in [1.82, 2.24) is 0 Å². The molecule has 1 N–H and O–H groups in total. The summed E-state index contributed by atoms with van der Waals surface area (Å²) in [5, 5.41) is 8.45. The van der Waals surface area contributed by atoms with Gasteiger partial charge in [-0.15, -0.1) is 0 Å². The molecule has 0 fully saturated rings. The van der Waals surface area contributed by atoms with E-state index in [4.69, 9.17) is 5.11 Å². The number of hydrogen-bond donors (Lipinski definition) is 1. The summed E-state index contributed by atoms with van der Waals surface area (Å²) in [6, 6.07) is 0. The lowest BCUT2D eigenvalue weighted by Crippen LogP contribution is -2.14. The van der Waals surface area contributed by atoms with Crippen molar-refractivity contribution < 1.29 is 24.2 Å². The van der Waals surface area contributed by atoms with Crippen LogP contribution >= 0.6 is 0 Å². The molecule has 5 nitrogen and oxygen atoms in total. The Morgan fingerprint density at radius 3 is 2.42 bits per heavy atom. The summed E-state index contributed by atoms with van der Waals surface area (Å²) >= 11 is 0. The predicted molar refractivity (Wildman–Crippen MR) is 39.4 cm³/mol. The number of ether oxygens (including phenoxy) is 2. The Hall–Kier alpha value is -1.52. The minimum atomic E-state index is -1.37. The molecule has 0 aromatic rings. The van der Waals surface area contributed by atoms with Gasteiger partial charge in [0.15, 0.2) is 5.57 Å². The Balaban J connectivity index is 4.43. The maximum atomic E-state index is 10.7. The topological polar surface area (TPSA) is 72.8 Å². The predicted octanol–water partition coefficient (Wildman–Crippen LogP) is 0.164. The number of hydrogen-bond acceptors (Lipinski definition) is 4. The molecule has 68 valence electrons. The average Bonchev–Trinajstić information content (AvgIpc) is 2.04. The van der Waals surface area contributed by atoms with Crippen LogP contribution in [0.4, 0.5) is 0 Å². The first kappa shape index (κ1) is 10.5. The fraction of sp³-hybridized carbons (Fsp3) is 0.429. The second kappa shape index (κ2) is 5.17. The summed E-state index contributed by atoms with van der Waals surface area (Å²) < 4.78 is 8.84. The molecule has 0 amide bonds. The van der Waals surface area contributed by atoms with E-state index in [-0.39, 0.29) is 0 Å². The first-order valence-corrected chi connectivity index (χ1v) is 3.26. The Labute approximate surface area is 69.6 Å². The lowest BCUT2D eigenvalue weighted by molar-refractivity contribution is -0.142. The van der Waals surface area contributed by atoms with Crippen molar-refractivity contribution in [3.05, 3.63) is 11.8 Å². The van der Waals surface area contributed by atoms with Gasteiger partial charge < -0.3 is 14.6 Å². The van der Waals surface area contributed by atoms with Crippen molar-refractivity contribution in [3.63, 3.8) is 0 Å². The SMILES string of the molecule is CCOC=C(C(=O)O)C(=O)OC. The van der Waals surface area contributed by atoms with Crippen molar-refractivity contribution in [3.8, 4) is 0 Å². The third-order valence-corrected chi connectivity index (χ3v) is 1.00. The highest BCUT2D eigenvalue weighted by Gasteiger charge is 2.17. The molecular weight excluding hydrogens is 164 g/mol. The molecular formula is C7H10O5. The Morgan fingerprint density at radius 2 is 2.08 bits per heavy atom. The third-order valence-electron chi connectivity index (χ3n) is 1.00. The molecule has 0 aliphatic rings. The Morgan fingerprint density at radius 1 is 1.50 bits per heavy atom. The Bertz CT molecular complexity index is 206. The lowest BCUT2D eigenvalue weighted by atomic mass is 10.3. The Kier molecular flexibility index (Phi) is 4.52. The number of aliphatic carboxylic acids is 1. The third kappa shape index (κ3) is 3.05. The van der Waals surface area contributed by atoms with Crippen LogP contribution in [0, 0.1) is 0 Å². The highest BCUT2D eigenvalue weighted by atomic mass is 16.5. The number of carboxylic acid groups (broad SMARTS) is 1. The molecule has 0 atom stereocenters. The zero-order chi connectivity index (χ0) is 9.56. The lowest BCUT2D eigenvalue weighted by Gasteiger charge is -1.99. The van der Waals surface area contributed by atoms with E-state index in [2.05, 4.69) is 9.47 Å². The zero-order valence-electron chi connectivity index (χ0n) is 6.86. The van der Waals surface area contributed by atoms with Gasteiger partial charge in [0.2, 0.25) is 0 Å². The molecule has 0 rings (SSSR count). The summed E-state index contributed by atoms with van der Waals surface area (Å²) in [6.07, 6.45) is 0.869. The molecule has 0 aliphatic carbocycles. The molecule has 5 heteroatoms. The summed E-state index contributed by atoms with van der Waals surface area (Å²) in [7, 11) is 1.10. The smallest absolute Gasteiger partial charge is 0.348 e. The van der Waals surface area contributed by atoms with E-state index in [1.54, 1.807) is 6.92 Å². The number of carbonyl (C=O) groups excluding carboxylic acids is 1. The standard InChI is InChI=1S/C7H10O5/c1-3-12-4-5(6(8)9)7(10)11-2/h4H,3H2,1-2H3,(H,8,9). The van der Waals surface area contributed by atoms with Crippen LogP contribution in [-0.2, 0) is 19.1 Å². The highest BCUT2D eigenvalue weighted by Crippen LogP contribution is 1.97. The first-order chi connectivity index (χ1) is 5.63. The van der Waals surface area contributed by atoms with E-state index in [9.17, 15) is 9.59 Å². The fourth-order valence-corrected chi connectivity index (χ4v) is 0.462. The van der Waals surface area contributed by atoms with Crippen molar-refractivity contribution in [2.75, 3.05) is 13.7 Å². The quantitative estimate of drug-likeness (QED) is 0.216. The largest absolute Gasteiger partial charge is 0.500 e. The number of rotatable bonds is 4. The molecule has 0 radical (unpaired) electrons. The summed E-state index contributed by atoms with van der Waals surface area (Å²) in [5.41, 5.74) is -0.514. The molecule has 0 bridgehead atoms. The number of esters is 1. The van der Waals surface area contributed by atoms with Gasteiger partial charge >= 0.3 is 11.9 Å². The van der Waals surface area contributed by atoms with E-state index in [1.807, 2.05) is 0 Å². The van der Waals surface area contributed by atoms with E-state index < -0.39 is 17.5 Å². The van der Waals surface area contributed by atoms with Gasteiger partial charge in [-0.2, -0.15) is 0 Å². The van der Waals surface area contributed by atoms with Crippen molar-refractivity contribution in [2.24, 2.45) is 0 Å². The number of carbonyl (C=O) groups is 2. The minimum Gasteiger partial charge on any atom is -0.500 e. The molecule has 0 unspecified atom stereocenters. The van der Waals surface area contributed by atoms with Gasteiger partial charge in [-0.1, -0.05) is 0 Å². The summed E-state index contributed by atoms with van der Waals surface area (Å²) in [6.45, 7) is 1.97. The molecule has 0 saturated carbocycles. The maximum Gasteiger partial charge on any atom is 0.348 e. The second-order valence-electron chi connectivity index (χ2n) is 1.78. The van der Waals surface area contributed by atoms with Crippen LogP contribution in [0.15, 0.2) is 11.8 Å². The van der Waals surface area contributed by atoms with Gasteiger partial charge in [0.05, 0.1) is 13.7 Å². The van der Waals surface area contributed by atoms with Crippen LogP contribution in [0.5, 0.6) is 0 Å². The van der Waals surface area contributed by atoms with Crippen LogP contribution in [0.25, 0.3) is 0 Å². The van der Waals surface area contributed by atoms with E-state index in [0.717, 1.165) is 13.4 Å². The fourth-order valence-electron chi connectivity index (χ4n) is 0.462. The van der Waals surface area contributed by atoms with Crippen molar-refractivity contribution in [2.45, 2.75) is 6.92 Å². The van der Waals surface area contributed by atoms with Crippen LogP contribution in [0.2, 0.25) is 0 Å². The van der Waals surface area contributed by atoms with Crippen LogP contribution in [0.3, 0.4) is 0 Å². The molecule has 0 saturated heterocycles. The van der Waals surface area contributed by atoms with E-state index in [0.29, 0.717) is 6.61 Å². The molecule has 0 aliphatic heterocycles. The molecule has 0 aromatic carbocycles. The van der Waals surface area contributed by atoms with Gasteiger partial charge in [-0.05, 0) is 6.92 Å². The van der Waals surface area contributed by atoms with Crippen LogP contribution in [0.1, 0.15) is 6.92 Å². The van der Waals surface area contributed by atoms with Gasteiger partial charge in [-0.25, -0.2) is 9.59 Å². The van der Waals surface area contributed by atoms with Gasteiger partial charge in [-0.3, -0.25) is 0 Å². The van der Waals surface area contributed by atoms with Crippen molar-refractivity contribution in [1.29, 1.82) is 0 Å². The highest BCUT2D eigenvalue weighted by molar-refractivity contribution is 6.12. The first-order valence-electron chi connectivity index (χ1n) is 3.26. The van der Waals surface area contributed by atoms with Gasteiger partial charge in [0, 0.05) is 0 Å². The van der Waals surface area contributed by atoms with E-state index in [1.165, 1.54) is 0 Å². The second-order valence-corrected chi connectivity index (χ2v) is 1.78. The van der Waals surface area contributed by atoms with Crippen LogP contribution in [-0.4, -0.2) is 30.8 Å². The normalized spacial score (nSPS) is 10.7. The van der Waals surface area contributed by atoms with E-state index >= 15 is 0 Å². The summed E-state index contributed by atoms with van der Waals surface area (Å²) in [5.74, 6) is -2.29. The number of methoxy groups -OCH3 is 1. The van der Waals surface area contributed by atoms with Crippen molar-refractivity contribution >= 4 is 11.9 Å².